The van der Waals surface area contributed by atoms with Crippen LogP contribution in [0.4, 0.5) is 0 Å². The summed E-state index contributed by atoms with van der Waals surface area (Å²) in [5, 5.41) is 0. The summed E-state index contributed by atoms with van der Waals surface area (Å²) in [6, 6.07) is 0. The van der Waals surface area contributed by atoms with Crippen LogP contribution in [0.5, 0.6) is 0 Å². The smallest absolute Gasteiger partial charge is 0.306 e. The highest BCUT2D eigenvalue weighted by molar-refractivity contribution is 5.69. The van der Waals surface area contributed by atoms with Gasteiger partial charge in [-0.25, -0.2) is 0 Å². The summed E-state index contributed by atoms with van der Waals surface area (Å²) in [6.07, 6.45) is 23.9. The van der Waals surface area contributed by atoms with E-state index >= 15 is 0 Å². The summed E-state index contributed by atoms with van der Waals surface area (Å²) in [4.78, 5) is 11.7. The zero-order valence-electron chi connectivity index (χ0n) is 17.8. The van der Waals surface area contributed by atoms with E-state index in [0.29, 0.717) is 6.42 Å². The lowest BCUT2D eigenvalue weighted by atomic mass is 9.92. The van der Waals surface area contributed by atoms with Crippen LogP contribution in [-0.2, 0) is 9.53 Å². The molecular formula is C24H42O2. The molecule has 0 heterocycles. The van der Waals surface area contributed by atoms with Crippen molar-refractivity contribution < 1.29 is 9.53 Å². The van der Waals surface area contributed by atoms with Gasteiger partial charge in [0.1, 0.15) is 5.60 Å². The summed E-state index contributed by atoms with van der Waals surface area (Å²) >= 11 is 0. The molecule has 2 nitrogen and oxygen atoms in total. The van der Waals surface area contributed by atoms with Gasteiger partial charge in [0, 0.05) is 6.42 Å². The van der Waals surface area contributed by atoms with Gasteiger partial charge in [0.15, 0.2) is 0 Å². The fourth-order valence-electron chi connectivity index (χ4n) is 3.72. The molecular weight excluding hydrogens is 320 g/mol. The molecule has 26 heavy (non-hydrogen) atoms. The van der Waals surface area contributed by atoms with Crippen molar-refractivity contribution in [2.24, 2.45) is 11.8 Å². The molecule has 0 spiro atoms. The number of carbonyl (C=O) groups excluding carboxylic acids is 1. The minimum Gasteiger partial charge on any atom is -0.460 e. The van der Waals surface area contributed by atoms with Gasteiger partial charge in [-0.2, -0.15) is 0 Å². The van der Waals surface area contributed by atoms with Crippen molar-refractivity contribution in [3.8, 4) is 0 Å². The van der Waals surface area contributed by atoms with Crippen LogP contribution in [0.25, 0.3) is 0 Å². The van der Waals surface area contributed by atoms with Gasteiger partial charge in [-0.15, -0.1) is 0 Å². The average Bonchev–Trinajstić information content (AvgIpc) is 2.99. The average molecular weight is 363 g/mol. The topological polar surface area (TPSA) is 26.3 Å². The molecule has 1 fully saturated rings. The molecule has 2 heteroatoms. The van der Waals surface area contributed by atoms with Gasteiger partial charge in [-0.05, 0) is 77.6 Å². The van der Waals surface area contributed by atoms with E-state index in [0.717, 1.165) is 24.7 Å². The van der Waals surface area contributed by atoms with Crippen LogP contribution >= 0.6 is 0 Å². The van der Waals surface area contributed by atoms with Crippen LogP contribution in [0.2, 0.25) is 0 Å². The van der Waals surface area contributed by atoms with Gasteiger partial charge in [0.2, 0.25) is 0 Å². The van der Waals surface area contributed by atoms with Crippen LogP contribution in [0.15, 0.2) is 24.3 Å². The Balaban J connectivity index is 2.15. The molecule has 0 aliphatic heterocycles. The van der Waals surface area contributed by atoms with Crippen LogP contribution in [0.1, 0.15) is 105 Å². The lowest BCUT2D eigenvalue weighted by Gasteiger charge is -2.19. The standard InChI is InChI=1S/C24H42O2/c1-5-6-7-8-9-12-16-21-18-15-19-22(21)17-13-10-11-14-20-23(25)26-24(2,3)4/h10,12-13,16,21-22H,5-9,11,14-15,17-20H2,1-4H3/t21-,22-/m0/s1. The molecule has 150 valence electrons. The first-order valence-electron chi connectivity index (χ1n) is 11.0. The molecule has 0 saturated heterocycles. The Bertz CT molecular complexity index is 428. The molecule has 0 radical (unpaired) electrons. The summed E-state index contributed by atoms with van der Waals surface area (Å²) in [6.45, 7) is 8.03. The van der Waals surface area contributed by atoms with Crippen molar-refractivity contribution in [3.05, 3.63) is 24.3 Å². The van der Waals surface area contributed by atoms with Crippen molar-refractivity contribution in [2.75, 3.05) is 0 Å². The molecule has 0 amide bonds. The Kier molecular flexibility index (Phi) is 11.6. The van der Waals surface area contributed by atoms with Crippen molar-refractivity contribution >= 4 is 5.97 Å². The van der Waals surface area contributed by atoms with Gasteiger partial charge >= 0.3 is 5.97 Å². The molecule has 1 aliphatic carbocycles. The third-order valence-electron chi connectivity index (χ3n) is 5.10. The van der Waals surface area contributed by atoms with E-state index in [1.54, 1.807) is 0 Å². The molecule has 0 aromatic heterocycles. The van der Waals surface area contributed by atoms with Gasteiger partial charge in [0.05, 0.1) is 0 Å². The third kappa shape index (κ3) is 11.5. The van der Waals surface area contributed by atoms with Gasteiger partial charge in [-0.1, -0.05) is 56.9 Å². The summed E-state index contributed by atoms with van der Waals surface area (Å²) in [7, 11) is 0. The second-order valence-corrected chi connectivity index (χ2v) is 8.82. The monoisotopic (exact) mass is 362 g/mol. The Morgan fingerprint density at radius 3 is 2.50 bits per heavy atom. The largest absolute Gasteiger partial charge is 0.460 e. The van der Waals surface area contributed by atoms with Crippen molar-refractivity contribution in [1.29, 1.82) is 0 Å². The molecule has 0 bridgehead atoms. The van der Waals surface area contributed by atoms with Gasteiger partial charge < -0.3 is 4.74 Å². The first kappa shape index (κ1) is 23.0. The third-order valence-corrected chi connectivity index (χ3v) is 5.10. The molecule has 1 saturated carbocycles. The van der Waals surface area contributed by atoms with E-state index in [1.807, 2.05) is 20.8 Å². The van der Waals surface area contributed by atoms with Crippen molar-refractivity contribution in [3.63, 3.8) is 0 Å². The number of hydrogen-bond acceptors (Lipinski definition) is 2. The lowest BCUT2D eigenvalue weighted by molar-refractivity contribution is -0.154. The minimum atomic E-state index is -0.367. The van der Waals surface area contributed by atoms with Crippen molar-refractivity contribution in [2.45, 2.75) is 110 Å². The number of hydrogen-bond donors (Lipinski definition) is 0. The maximum absolute atomic E-state index is 11.7. The fourth-order valence-corrected chi connectivity index (χ4v) is 3.72. The fraction of sp³-hybridized carbons (Fsp3) is 0.792. The van der Waals surface area contributed by atoms with Crippen LogP contribution in [0.3, 0.4) is 0 Å². The second-order valence-electron chi connectivity index (χ2n) is 8.82. The van der Waals surface area contributed by atoms with Crippen LogP contribution < -0.4 is 0 Å². The number of rotatable bonds is 12. The van der Waals surface area contributed by atoms with Crippen LogP contribution in [0, 0.1) is 11.8 Å². The zero-order valence-corrected chi connectivity index (χ0v) is 17.8. The Morgan fingerprint density at radius 1 is 1.00 bits per heavy atom. The summed E-state index contributed by atoms with van der Waals surface area (Å²) < 4.78 is 5.34. The molecule has 2 atom stereocenters. The van der Waals surface area contributed by atoms with E-state index in [1.165, 1.54) is 57.8 Å². The minimum absolute atomic E-state index is 0.0779. The van der Waals surface area contributed by atoms with E-state index in [-0.39, 0.29) is 11.6 Å². The number of esters is 1. The van der Waals surface area contributed by atoms with Crippen LogP contribution in [-0.4, -0.2) is 11.6 Å². The molecule has 0 N–H and O–H groups in total. The van der Waals surface area contributed by atoms with Gasteiger partial charge in [-0.3, -0.25) is 4.79 Å². The first-order valence-corrected chi connectivity index (χ1v) is 11.0. The lowest BCUT2D eigenvalue weighted by Crippen LogP contribution is -2.23. The Labute approximate surface area is 162 Å². The summed E-state index contributed by atoms with van der Waals surface area (Å²) in [5.41, 5.74) is -0.367. The maximum Gasteiger partial charge on any atom is 0.306 e. The first-order chi connectivity index (χ1) is 12.4. The predicted octanol–water partition coefficient (Wildman–Crippen LogP) is 7.39. The molecule has 1 rings (SSSR count). The van der Waals surface area contributed by atoms with E-state index < -0.39 is 0 Å². The highest BCUT2D eigenvalue weighted by Crippen LogP contribution is 2.35. The zero-order chi connectivity index (χ0) is 19.3. The Morgan fingerprint density at radius 2 is 1.77 bits per heavy atom. The highest BCUT2D eigenvalue weighted by atomic mass is 16.6. The molecule has 0 aromatic carbocycles. The van der Waals surface area contributed by atoms with Crippen molar-refractivity contribution in [1.82, 2.24) is 0 Å². The van der Waals surface area contributed by atoms with E-state index in [9.17, 15) is 4.79 Å². The van der Waals surface area contributed by atoms with Gasteiger partial charge in [0.25, 0.3) is 0 Å². The number of ether oxygens (including phenoxy) is 1. The highest BCUT2D eigenvalue weighted by Gasteiger charge is 2.23. The number of allylic oxidation sites excluding steroid dienone is 4. The normalized spacial score (nSPS) is 21.1. The second kappa shape index (κ2) is 13.2. The quantitative estimate of drug-likeness (QED) is 0.205. The number of unbranched alkanes of at least 4 members (excludes halogenated alkanes) is 5. The van der Waals surface area contributed by atoms with E-state index in [4.69, 9.17) is 4.74 Å². The van der Waals surface area contributed by atoms with E-state index in [2.05, 4.69) is 31.2 Å². The molecule has 1 aliphatic rings. The maximum atomic E-state index is 11.7. The number of carbonyl (C=O) groups is 1. The summed E-state index contributed by atoms with van der Waals surface area (Å²) in [5.74, 6) is 1.53. The Hall–Kier alpha value is -1.05. The SMILES string of the molecule is CCCCCCC=C[C@H]1CCC[C@@H]1CC=CCCCC(=O)OC(C)(C)C. The molecule has 0 unspecified atom stereocenters. The molecule has 0 aromatic rings. The predicted molar refractivity (Wildman–Crippen MR) is 112 cm³/mol.